The van der Waals surface area contributed by atoms with Crippen LogP contribution >= 0.6 is 0 Å². The maximum atomic E-state index is 12.1. The van der Waals surface area contributed by atoms with E-state index in [9.17, 15) is 14.4 Å². The van der Waals surface area contributed by atoms with Gasteiger partial charge in [-0.2, -0.15) is 0 Å². The van der Waals surface area contributed by atoms with Crippen LogP contribution in [0.2, 0.25) is 0 Å². The zero-order chi connectivity index (χ0) is 15.3. The molecule has 2 aliphatic rings. The summed E-state index contributed by atoms with van der Waals surface area (Å²) >= 11 is 0. The summed E-state index contributed by atoms with van der Waals surface area (Å²) < 4.78 is 0. The third kappa shape index (κ3) is 4.03. The zero-order valence-corrected chi connectivity index (χ0v) is 12.5. The first-order valence-electron chi connectivity index (χ1n) is 7.86. The molecule has 2 fully saturated rings. The summed E-state index contributed by atoms with van der Waals surface area (Å²) in [6.07, 6.45) is 6.57. The third-order valence-corrected chi connectivity index (χ3v) is 4.70. The van der Waals surface area contributed by atoms with Crippen LogP contribution in [0.25, 0.3) is 0 Å². The molecule has 1 saturated heterocycles. The number of hydrogen-bond acceptors (Lipinski definition) is 4. The molecule has 1 aliphatic carbocycles. The van der Waals surface area contributed by atoms with Gasteiger partial charge in [-0.05, 0) is 24.8 Å². The quantitative estimate of drug-likeness (QED) is 0.700. The van der Waals surface area contributed by atoms with Crippen molar-refractivity contribution in [2.24, 2.45) is 11.1 Å². The Morgan fingerprint density at radius 2 is 1.76 bits per heavy atom. The molecule has 0 bridgehead atoms. The summed E-state index contributed by atoms with van der Waals surface area (Å²) in [6, 6.07) is 0. The lowest BCUT2D eigenvalue weighted by Gasteiger charge is -2.35. The summed E-state index contributed by atoms with van der Waals surface area (Å²) in [7, 11) is 0. The van der Waals surface area contributed by atoms with Crippen molar-refractivity contribution in [3.8, 4) is 0 Å². The molecule has 0 atom stereocenters. The molecule has 0 aromatic heterocycles. The Hall–Kier alpha value is -1.43. The van der Waals surface area contributed by atoms with Gasteiger partial charge in [-0.25, -0.2) is 0 Å². The van der Waals surface area contributed by atoms with E-state index in [4.69, 9.17) is 5.73 Å². The van der Waals surface area contributed by atoms with Gasteiger partial charge in [-0.15, -0.1) is 0 Å². The first kappa shape index (κ1) is 15.9. The number of hydrogen-bond donors (Lipinski definition) is 2. The average Bonchev–Trinajstić information content (AvgIpc) is 2.80. The molecule has 1 aliphatic heterocycles. The van der Waals surface area contributed by atoms with E-state index in [-0.39, 0.29) is 29.7 Å². The molecule has 0 spiro atoms. The fourth-order valence-corrected chi connectivity index (χ4v) is 3.34. The Labute approximate surface area is 125 Å². The standard InChI is InChI=1S/C15H25N3O3/c16-11-15(6-2-1-3-7-15)10-12(19)17-8-9-18-13(20)4-5-14(18)21/h1-11,16H2,(H,17,19). The second-order valence-corrected chi connectivity index (χ2v) is 6.23. The fourth-order valence-electron chi connectivity index (χ4n) is 3.34. The van der Waals surface area contributed by atoms with Gasteiger partial charge in [0, 0.05) is 32.4 Å². The minimum absolute atomic E-state index is 0.0264. The van der Waals surface area contributed by atoms with Crippen molar-refractivity contribution in [2.45, 2.75) is 51.4 Å². The summed E-state index contributed by atoms with van der Waals surface area (Å²) in [5, 5.41) is 2.82. The van der Waals surface area contributed by atoms with E-state index in [1.165, 1.54) is 11.3 Å². The largest absolute Gasteiger partial charge is 0.354 e. The molecule has 3 N–H and O–H groups in total. The molecule has 2 rings (SSSR count). The smallest absolute Gasteiger partial charge is 0.229 e. The molecule has 1 heterocycles. The van der Waals surface area contributed by atoms with Gasteiger partial charge in [-0.3, -0.25) is 19.3 Å². The van der Waals surface area contributed by atoms with E-state index < -0.39 is 0 Å². The minimum atomic E-state index is -0.139. The van der Waals surface area contributed by atoms with Crippen molar-refractivity contribution < 1.29 is 14.4 Å². The molecule has 6 heteroatoms. The number of nitrogens with two attached hydrogens (primary N) is 1. The molecular weight excluding hydrogens is 270 g/mol. The number of nitrogens with zero attached hydrogens (tertiary/aromatic N) is 1. The lowest BCUT2D eigenvalue weighted by Crippen LogP contribution is -2.41. The van der Waals surface area contributed by atoms with Crippen LogP contribution in [0.1, 0.15) is 51.4 Å². The SMILES string of the molecule is NCC1(CC(=O)NCCN2C(=O)CCC2=O)CCCCC1. The second-order valence-electron chi connectivity index (χ2n) is 6.23. The molecule has 0 aromatic carbocycles. The maximum Gasteiger partial charge on any atom is 0.229 e. The van der Waals surface area contributed by atoms with Gasteiger partial charge in [0.15, 0.2) is 0 Å². The number of likely N-dealkylation sites (tertiary alicyclic amines) is 1. The van der Waals surface area contributed by atoms with Crippen LogP contribution in [0.3, 0.4) is 0 Å². The lowest BCUT2D eigenvalue weighted by molar-refractivity contribution is -0.138. The molecule has 21 heavy (non-hydrogen) atoms. The van der Waals surface area contributed by atoms with Gasteiger partial charge >= 0.3 is 0 Å². The predicted molar refractivity (Wildman–Crippen MR) is 78.2 cm³/mol. The Bertz CT molecular complexity index is 400. The normalized spacial score (nSPS) is 21.7. The topological polar surface area (TPSA) is 92.5 Å². The van der Waals surface area contributed by atoms with Crippen LogP contribution in [0, 0.1) is 5.41 Å². The fraction of sp³-hybridized carbons (Fsp3) is 0.800. The molecule has 0 unspecified atom stereocenters. The Morgan fingerprint density at radius 1 is 1.14 bits per heavy atom. The van der Waals surface area contributed by atoms with E-state index in [2.05, 4.69) is 5.32 Å². The summed E-state index contributed by atoms with van der Waals surface area (Å²) in [5.41, 5.74) is 5.82. The zero-order valence-electron chi connectivity index (χ0n) is 12.5. The highest BCUT2D eigenvalue weighted by atomic mass is 16.2. The van der Waals surface area contributed by atoms with Crippen LogP contribution < -0.4 is 11.1 Å². The van der Waals surface area contributed by atoms with Crippen molar-refractivity contribution >= 4 is 17.7 Å². The molecule has 0 radical (unpaired) electrons. The van der Waals surface area contributed by atoms with Gasteiger partial charge in [0.25, 0.3) is 0 Å². The van der Waals surface area contributed by atoms with E-state index >= 15 is 0 Å². The molecule has 0 aromatic rings. The van der Waals surface area contributed by atoms with Crippen LogP contribution in [0.15, 0.2) is 0 Å². The van der Waals surface area contributed by atoms with Gasteiger partial charge in [0.2, 0.25) is 17.7 Å². The summed E-state index contributed by atoms with van der Waals surface area (Å²) in [5.74, 6) is -0.304. The van der Waals surface area contributed by atoms with Gasteiger partial charge in [0.1, 0.15) is 0 Å². The van der Waals surface area contributed by atoms with E-state index in [0.717, 1.165) is 25.7 Å². The van der Waals surface area contributed by atoms with Crippen molar-refractivity contribution in [3.05, 3.63) is 0 Å². The number of imide groups is 1. The van der Waals surface area contributed by atoms with Gasteiger partial charge in [-0.1, -0.05) is 19.3 Å². The van der Waals surface area contributed by atoms with Crippen LogP contribution in [0.4, 0.5) is 0 Å². The first-order valence-corrected chi connectivity index (χ1v) is 7.86. The van der Waals surface area contributed by atoms with Crippen molar-refractivity contribution in [3.63, 3.8) is 0 Å². The number of nitrogens with one attached hydrogen (secondary N) is 1. The van der Waals surface area contributed by atoms with Crippen molar-refractivity contribution in [2.75, 3.05) is 19.6 Å². The predicted octanol–water partition coefficient (Wildman–Crippen LogP) is 0.551. The van der Waals surface area contributed by atoms with Crippen LogP contribution in [-0.2, 0) is 14.4 Å². The molecule has 6 nitrogen and oxygen atoms in total. The monoisotopic (exact) mass is 295 g/mol. The molecule has 118 valence electrons. The maximum absolute atomic E-state index is 12.1. The highest BCUT2D eigenvalue weighted by molar-refractivity contribution is 6.01. The first-order chi connectivity index (χ1) is 10.1. The second kappa shape index (κ2) is 7.02. The van der Waals surface area contributed by atoms with Crippen LogP contribution in [0.5, 0.6) is 0 Å². The minimum Gasteiger partial charge on any atom is -0.354 e. The highest BCUT2D eigenvalue weighted by Gasteiger charge is 2.33. The Balaban J connectivity index is 1.74. The number of carbonyl (C=O) groups is 3. The van der Waals surface area contributed by atoms with Crippen molar-refractivity contribution in [1.82, 2.24) is 10.2 Å². The molecular formula is C15H25N3O3. The van der Waals surface area contributed by atoms with E-state index in [1.807, 2.05) is 0 Å². The van der Waals surface area contributed by atoms with Crippen LogP contribution in [-0.4, -0.2) is 42.3 Å². The Morgan fingerprint density at radius 3 is 2.33 bits per heavy atom. The molecule has 3 amide bonds. The molecule has 1 saturated carbocycles. The number of amides is 3. The van der Waals surface area contributed by atoms with E-state index in [1.54, 1.807) is 0 Å². The van der Waals surface area contributed by atoms with Gasteiger partial charge in [0.05, 0.1) is 0 Å². The highest BCUT2D eigenvalue weighted by Crippen LogP contribution is 2.38. The van der Waals surface area contributed by atoms with Gasteiger partial charge < -0.3 is 11.1 Å². The summed E-state index contributed by atoms with van der Waals surface area (Å²) in [4.78, 5) is 36.2. The van der Waals surface area contributed by atoms with Crippen molar-refractivity contribution in [1.29, 1.82) is 0 Å². The Kier molecular flexibility index (Phi) is 5.33. The lowest BCUT2D eigenvalue weighted by atomic mass is 9.71. The third-order valence-electron chi connectivity index (χ3n) is 4.70. The summed E-state index contributed by atoms with van der Waals surface area (Å²) in [6.45, 7) is 1.15. The number of rotatable bonds is 6. The average molecular weight is 295 g/mol. The van der Waals surface area contributed by atoms with E-state index in [0.29, 0.717) is 32.4 Å². The number of carbonyl (C=O) groups excluding carboxylic acids is 3.